The number of ether oxygens (including phenoxy) is 2. The molecule has 1 aliphatic heterocycles. The number of rotatable bonds is 8. The highest BCUT2D eigenvalue weighted by Gasteiger charge is 2.32. The van der Waals surface area contributed by atoms with Gasteiger partial charge in [0.2, 0.25) is 27.6 Å². The Morgan fingerprint density at radius 1 is 1.09 bits per heavy atom. The van der Waals surface area contributed by atoms with E-state index in [9.17, 15) is 13.2 Å². The number of nitrogens with one attached hydrogen (secondary N) is 1. The van der Waals surface area contributed by atoms with Gasteiger partial charge in [0, 0.05) is 24.6 Å². The van der Waals surface area contributed by atoms with Gasteiger partial charge in [0.15, 0.2) is 0 Å². The molecule has 1 saturated heterocycles. The number of hydrogen-bond acceptors (Lipinski definition) is 8. The predicted molar refractivity (Wildman–Crippen MR) is 123 cm³/mol. The molecule has 2 aromatic carbocycles. The molecule has 2 heterocycles. The quantitative estimate of drug-likeness (QED) is 0.515. The molecule has 0 radical (unpaired) electrons. The summed E-state index contributed by atoms with van der Waals surface area (Å²) < 4.78 is 42.7. The van der Waals surface area contributed by atoms with Crippen molar-refractivity contribution in [2.45, 2.75) is 24.3 Å². The van der Waals surface area contributed by atoms with Crippen LogP contribution in [0, 0.1) is 5.92 Å². The van der Waals surface area contributed by atoms with Crippen LogP contribution in [0.25, 0.3) is 11.4 Å². The molecule has 11 heteroatoms. The van der Waals surface area contributed by atoms with Crippen molar-refractivity contribution < 1.29 is 27.2 Å². The monoisotopic (exact) mass is 486 g/mol. The zero-order chi connectivity index (χ0) is 24.1. The largest absolute Gasteiger partial charge is 0.497 e. The van der Waals surface area contributed by atoms with E-state index in [1.54, 1.807) is 25.3 Å². The molecule has 0 unspecified atom stereocenters. The normalized spacial score (nSPS) is 15.1. The Hall–Kier alpha value is -3.44. The van der Waals surface area contributed by atoms with E-state index in [4.69, 9.17) is 14.0 Å². The number of amides is 1. The molecule has 1 aliphatic rings. The van der Waals surface area contributed by atoms with Crippen LogP contribution in [-0.2, 0) is 21.4 Å². The van der Waals surface area contributed by atoms with Crippen LogP contribution >= 0.6 is 0 Å². The SMILES string of the molecule is COc1ccc(S(=O)(=O)N2CCC(C(=O)NCc3nc(-c4cccc(OC)c4)no3)CC2)cc1. The highest BCUT2D eigenvalue weighted by atomic mass is 32.2. The van der Waals surface area contributed by atoms with Gasteiger partial charge in [0.25, 0.3) is 0 Å². The van der Waals surface area contributed by atoms with Crippen LogP contribution in [-0.4, -0.2) is 56.1 Å². The average molecular weight is 487 g/mol. The van der Waals surface area contributed by atoms with Crippen LogP contribution in [0.2, 0.25) is 0 Å². The van der Waals surface area contributed by atoms with Crippen molar-refractivity contribution in [2.75, 3.05) is 27.3 Å². The summed E-state index contributed by atoms with van der Waals surface area (Å²) in [5.74, 6) is 1.50. The number of nitrogens with zero attached hydrogens (tertiary/aromatic N) is 3. The molecular weight excluding hydrogens is 460 g/mol. The number of hydrogen-bond donors (Lipinski definition) is 1. The molecule has 0 bridgehead atoms. The van der Waals surface area contributed by atoms with Crippen molar-refractivity contribution in [3.8, 4) is 22.9 Å². The summed E-state index contributed by atoms with van der Waals surface area (Å²) in [6, 6.07) is 13.6. The van der Waals surface area contributed by atoms with E-state index in [1.807, 2.05) is 18.2 Å². The van der Waals surface area contributed by atoms with Gasteiger partial charge in [-0.3, -0.25) is 4.79 Å². The van der Waals surface area contributed by atoms with Crippen LogP contribution in [0.1, 0.15) is 18.7 Å². The Morgan fingerprint density at radius 2 is 1.79 bits per heavy atom. The molecule has 1 aromatic heterocycles. The van der Waals surface area contributed by atoms with Gasteiger partial charge in [0.1, 0.15) is 11.5 Å². The Kier molecular flexibility index (Phi) is 7.13. The highest BCUT2D eigenvalue weighted by Crippen LogP contribution is 2.25. The average Bonchev–Trinajstić information content (AvgIpc) is 3.36. The minimum Gasteiger partial charge on any atom is -0.497 e. The highest BCUT2D eigenvalue weighted by molar-refractivity contribution is 7.89. The maximum Gasteiger partial charge on any atom is 0.246 e. The molecular formula is C23H26N4O6S. The van der Waals surface area contributed by atoms with Crippen molar-refractivity contribution in [2.24, 2.45) is 5.92 Å². The summed E-state index contributed by atoms with van der Waals surface area (Å²) in [5.41, 5.74) is 0.742. The Bertz CT molecular complexity index is 1230. The van der Waals surface area contributed by atoms with Gasteiger partial charge >= 0.3 is 0 Å². The molecule has 0 spiro atoms. The molecule has 34 heavy (non-hydrogen) atoms. The molecule has 180 valence electrons. The first-order valence-electron chi connectivity index (χ1n) is 10.8. The standard InChI is InChI=1S/C23H26N4O6S/c1-31-18-6-8-20(9-7-18)34(29,30)27-12-10-16(11-13-27)23(28)24-15-21-25-22(26-33-21)17-4-3-5-19(14-17)32-2/h3-9,14,16H,10-13,15H2,1-2H3,(H,24,28). The Labute approximate surface area is 197 Å². The molecule has 4 rings (SSSR count). The lowest BCUT2D eigenvalue weighted by Crippen LogP contribution is -2.42. The zero-order valence-corrected chi connectivity index (χ0v) is 19.7. The lowest BCUT2D eigenvalue weighted by atomic mass is 9.97. The molecule has 0 aliphatic carbocycles. The number of benzene rings is 2. The topological polar surface area (TPSA) is 124 Å². The molecule has 1 N–H and O–H groups in total. The van der Waals surface area contributed by atoms with Gasteiger partial charge in [-0.2, -0.15) is 9.29 Å². The van der Waals surface area contributed by atoms with Crippen LogP contribution in [0.5, 0.6) is 11.5 Å². The Balaban J connectivity index is 1.30. The third-order valence-corrected chi connectivity index (χ3v) is 7.64. The third-order valence-electron chi connectivity index (χ3n) is 5.73. The zero-order valence-electron chi connectivity index (χ0n) is 18.9. The van der Waals surface area contributed by atoms with Crippen LogP contribution in [0.4, 0.5) is 0 Å². The van der Waals surface area contributed by atoms with Crippen LogP contribution in [0.15, 0.2) is 57.9 Å². The molecule has 0 saturated carbocycles. The maximum atomic E-state index is 12.9. The predicted octanol–water partition coefficient (Wildman–Crippen LogP) is 2.47. The Morgan fingerprint density at radius 3 is 2.47 bits per heavy atom. The third kappa shape index (κ3) is 5.20. The van der Waals surface area contributed by atoms with Crippen molar-refractivity contribution in [1.29, 1.82) is 0 Å². The van der Waals surface area contributed by atoms with E-state index in [0.29, 0.717) is 30.2 Å². The fourth-order valence-electron chi connectivity index (χ4n) is 3.77. The van der Waals surface area contributed by atoms with Crippen molar-refractivity contribution in [3.05, 3.63) is 54.4 Å². The summed E-state index contributed by atoms with van der Waals surface area (Å²) in [5, 5.41) is 6.77. The fraction of sp³-hybridized carbons (Fsp3) is 0.348. The van der Waals surface area contributed by atoms with E-state index >= 15 is 0 Å². The lowest BCUT2D eigenvalue weighted by molar-refractivity contribution is -0.126. The second-order valence-corrected chi connectivity index (χ2v) is 9.75. The smallest absolute Gasteiger partial charge is 0.246 e. The minimum atomic E-state index is -3.62. The fourth-order valence-corrected chi connectivity index (χ4v) is 5.24. The first-order chi connectivity index (χ1) is 16.4. The van der Waals surface area contributed by atoms with E-state index < -0.39 is 10.0 Å². The van der Waals surface area contributed by atoms with E-state index in [2.05, 4.69) is 15.5 Å². The van der Waals surface area contributed by atoms with Gasteiger partial charge in [0.05, 0.1) is 25.7 Å². The number of piperidine rings is 1. The molecule has 10 nitrogen and oxygen atoms in total. The van der Waals surface area contributed by atoms with E-state index in [1.165, 1.54) is 23.5 Å². The van der Waals surface area contributed by atoms with Crippen LogP contribution < -0.4 is 14.8 Å². The number of carbonyl (C=O) groups is 1. The summed E-state index contributed by atoms with van der Waals surface area (Å²) in [4.78, 5) is 17.2. The summed E-state index contributed by atoms with van der Waals surface area (Å²) in [6.07, 6.45) is 0.861. The lowest BCUT2D eigenvalue weighted by Gasteiger charge is -2.30. The number of carbonyl (C=O) groups excluding carboxylic acids is 1. The van der Waals surface area contributed by atoms with Gasteiger partial charge in [-0.25, -0.2) is 8.42 Å². The molecule has 0 atom stereocenters. The van der Waals surface area contributed by atoms with Crippen LogP contribution in [0.3, 0.4) is 0 Å². The van der Waals surface area contributed by atoms with Crippen molar-refractivity contribution >= 4 is 15.9 Å². The number of sulfonamides is 1. The second kappa shape index (κ2) is 10.2. The maximum absolute atomic E-state index is 12.9. The first-order valence-corrected chi connectivity index (χ1v) is 12.2. The van der Waals surface area contributed by atoms with Gasteiger partial charge in [-0.1, -0.05) is 17.3 Å². The van der Waals surface area contributed by atoms with Gasteiger partial charge in [-0.05, 0) is 49.2 Å². The summed E-state index contributed by atoms with van der Waals surface area (Å²) in [7, 11) is -0.512. The minimum absolute atomic E-state index is 0.0974. The molecule has 1 amide bonds. The number of methoxy groups -OCH3 is 2. The molecule has 3 aromatic rings. The summed E-state index contributed by atoms with van der Waals surface area (Å²) in [6.45, 7) is 0.639. The van der Waals surface area contributed by atoms with E-state index in [-0.39, 0.29) is 42.2 Å². The summed E-state index contributed by atoms with van der Waals surface area (Å²) >= 11 is 0. The van der Waals surface area contributed by atoms with Gasteiger partial charge < -0.3 is 19.3 Å². The van der Waals surface area contributed by atoms with E-state index in [0.717, 1.165) is 5.56 Å². The number of aromatic nitrogens is 2. The first kappa shape index (κ1) is 23.7. The molecule has 1 fully saturated rings. The second-order valence-electron chi connectivity index (χ2n) is 7.82. The van der Waals surface area contributed by atoms with Crippen molar-refractivity contribution in [1.82, 2.24) is 19.8 Å². The van der Waals surface area contributed by atoms with Crippen molar-refractivity contribution in [3.63, 3.8) is 0 Å². The van der Waals surface area contributed by atoms with Gasteiger partial charge in [-0.15, -0.1) is 0 Å².